The van der Waals surface area contributed by atoms with Crippen LogP contribution in [-0.4, -0.2) is 10.8 Å². The number of aromatic nitrogens is 1. The van der Waals surface area contributed by atoms with E-state index in [-0.39, 0.29) is 5.78 Å². The molecule has 0 bridgehead atoms. The number of allylic oxidation sites excluding steroid dienone is 3. The monoisotopic (exact) mass is 213 g/mol. The van der Waals surface area contributed by atoms with E-state index in [1.807, 2.05) is 24.3 Å². The van der Waals surface area contributed by atoms with Crippen molar-refractivity contribution in [2.24, 2.45) is 0 Å². The van der Waals surface area contributed by atoms with Gasteiger partial charge in [0.05, 0.1) is 5.69 Å². The molecule has 1 aromatic heterocycles. The van der Waals surface area contributed by atoms with Gasteiger partial charge in [0.1, 0.15) is 0 Å². The van der Waals surface area contributed by atoms with Crippen LogP contribution in [0.1, 0.15) is 31.4 Å². The number of hydrogen-bond acceptors (Lipinski definition) is 2. The minimum absolute atomic E-state index is 0.247. The van der Waals surface area contributed by atoms with E-state index in [0.717, 1.165) is 25.0 Å². The Morgan fingerprint density at radius 2 is 2.19 bits per heavy atom. The van der Waals surface area contributed by atoms with Crippen molar-refractivity contribution >= 4 is 11.9 Å². The van der Waals surface area contributed by atoms with Crippen LogP contribution in [0.5, 0.6) is 0 Å². The number of nitrogens with zero attached hydrogens (tertiary/aromatic N) is 1. The van der Waals surface area contributed by atoms with Crippen molar-refractivity contribution in [2.45, 2.75) is 25.7 Å². The van der Waals surface area contributed by atoms with Gasteiger partial charge >= 0.3 is 0 Å². The molecule has 0 aromatic carbocycles. The van der Waals surface area contributed by atoms with Crippen LogP contribution in [-0.2, 0) is 4.79 Å². The SMILES string of the molecule is O=C1C=CCC(=Cc2ccccn2)CCC1. The normalized spacial score (nSPS) is 19.5. The van der Waals surface area contributed by atoms with Gasteiger partial charge in [-0.3, -0.25) is 9.78 Å². The van der Waals surface area contributed by atoms with Crippen LogP contribution in [0.15, 0.2) is 42.1 Å². The maximum atomic E-state index is 11.2. The van der Waals surface area contributed by atoms with Crippen LogP contribution in [0.4, 0.5) is 0 Å². The van der Waals surface area contributed by atoms with E-state index in [0.29, 0.717) is 6.42 Å². The fourth-order valence-electron chi connectivity index (χ4n) is 1.82. The van der Waals surface area contributed by atoms with Gasteiger partial charge < -0.3 is 0 Å². The highest BCUT2D eigenvalue weighted by atomic mass is 16.1. The van der Waals surface area contributed by atoms with Crippen molar-refractivity contribution in [3.63, 3.8) is 0 Å². The van der Waals surface area contributed by atoms with Gasteiger partial charge in [-0.1, -0.05) is 17.7 Å². The lowest BCUT2D eigenvalue weighted by Crippen LogP contribution is -1.97. The molecule has 0 saturated carbocycles. The fourth-order valence-corrected chi connectivity index (χ4v) is 1.82. The van der Waals surface area contributed by atoms with Gasteiger partial charge in [-0.2, -0.15) is 0 Å². The number of ketones is 1. The van der Waals surface area contributed by atoms with Crippen LogP contribution in [0.25, 0.3) is 6.08 Å². The highest BCUT2D eigenvalue weighted by Gasteiger charge is 2.04. The van der Waals surface area contributed by atoms with E-state index in [9.17, 15) is 4.79 Å². The molecule has 0 unspecified atom stereocenters. The summed E-state index contributed by atoms with van der Waals surface area (Å²) in [5.41, 5.74) is 2.35. The molecule has 2 heteroatoms. The lowest BCUT2D eigenvalue weighted by molar-refractivity contribution is -0.114. The Morgan fingerprint density at radius 1 is 1.25 bits per heavy atom. The molecule has 1 aliphatic carbocycles. The van der Waals surface area contributed by atoms with Crippen molar-refractivity contribution < 1.29 is 4.79 Å². The lowest BCUT2D eigenvalue weighted by atomic mass is 9.99. The molecule has 82 valence electrons. The summed E-state index contributed by atoms with van der Waals surface area (Å²) >= 11 is 0. The second-order valence-corrected chi connectivity index (χ2v) is 3.98. The summed E-state index contributed by atoms with van der Waals surface area (Å²) in [7, 11) is 0. The molecule has 1 heterocycles. The first-order chi connectivity index (χ1) is 7.84. The zero-order valence-corrected chi connectivity index (χ0v) is 9.23. The molecule has 1 aromatic rings. The maximum absolute atomic E-state index is 11.2. The molecule has 2 nitrogen and oxygen atoms in total. The standard InChI is InChI=1S/C14H15NO/c16-14-8-3-5-12(6-4-9-14)11-13-7-1-2-10-15-13/h1-3,7-8,10-11H,4-6,9H2. The summed E-state index contributed by atoms with van der Waals surface area (Å²) in [4.78, 5) is 15.5. The fraction of sp³-hybridized carbons (Fsp3) is 0.286. The Kier molecular flexibility index (Phi) is 3.65. The zero-order chi connectivity index (χ0) is 11.2. The summed E-state index contributed by atoms with van der Waals surface area (Å²) in [6.45, 7) is 0. The maximum Gasteiger partial charge on any atom is 0.155 e. The van der Waals surface area contributed by atoms with E-state index >= 15 is 0 Å². The largest absolute Gasteiger partial charge is 0.295 e. The minimum Gasteiger partial charge on any atom is -0.295 e. The molecule has 2 rings (SSSR count). The lowest BCUT2D eigenvalue weighted by Gasteiger charge is -2.07. The summed E-state index contributed by atoms with van der Waals surface area (Å²) in [6.07, 6.45) is 11.0. The first-order valence-corrected chi connectivity index (χ1v) is 5.64. The Labute approximate surface area is 95.7 Å². The Hall–Kier alpha value is -1.70. The Balaban J connectivity index is 2.12. The molecule has 0 N–H and O–H groups in total. The van der Waals surface area contributed by atoms with E-state index in [4.69, 9.17) is 0 Å². The average molecular weight is 213 g/mol. The topological polar surface area (TPSA) is 30.0 Å². The predicted molar refractivity (Wildman–Crippen MR) is 64.8 cm³/mol. The molecule has 0 saturated heterocycles. The Morgan fingerprint density at radius 3 is 3.00 bits per heavy atom. The van der Waals surface area contributed by atoms with Gasteiger partial charge in [-0.25, -0.2) is 0 Å². The van der Waals surface area contributed by atoms with E-state index in [1.165, 1.54) is 5.57 Å². The number of hydrogen-bond donors (Lipinski definition) is 0. The molecule has 0 radical (unpaired) electrons. The molecule has 1 aliphatic rings. The highest BCUT2D eigenvalue weighted by molar-refractivity contribution is 5.89. The first-order valence-electron chi connectivity index (χ1n) is 5.64. The van der Waals surface area contributed by atoms with Crippen LogP contribution in [0.2, 0.25) is 0 Å². The van der Waals surface area contributed by atoms with Crippen LogP contribution < -0.4 is 0 Å². The number of carbonyl (C=O) groups excluding carboxylic acids is 1. The van der Waals surface area contributed by atoms with Crippen molar-refractivity contribution in [3.8, 4) is 0 Å². The number of carbonyl (C=O) groups is 1. The molecule has 16 heavy (non-hydrogen) atoms. The summed E-state index contributed by atoms with van der Waals surface area (Å²) in [6, 6.07) is 5.90. The second kappa shape index (κ2) is 5.40. The third-order valence-electron chi connectivity index (χ3n) is 2.64. The van der Waals surface area contributed by atoms with Gasteiger partial charge in [0, 0.05) is 12.6 Å². The smallest absolute Gasteiger partial charge is 0.155 e. The Bertz CT molecular complexity index is 418. The van der Waals surface area contributed by atoms with Crippen LogP contribution in [0, 0.1) is 0 Å². The van der Waals surface area contributed by atoms with Crippen molar-refractivity contribution in [1.82, 2.24) is 4.98 Å². The number of pyridine rings is 1. The molecule has 0 amide bonds. The zero-order valence-electron chi connectivity index (χ0n) is 9.23. The summed E-state index contributed by atoms with van der Waals surface area (Å²) in [5, 5.41) is 0. The van der Waals surface area contributed by atoms with E-state index in [1.54, 1.807) is 12.3 Å². The van der Waals surface area contributed by atoms with Gasteiger partial charge in [0.15, 0.2) is 5.78 Å². The molecule has 0 fully saturated rings. The summed E-state index contributed by atoms with van der Waals surface area (Å²) < 4.78 is 0. The third-order valence-corrected chi connectivity index (χ3v) is 2.64. The molecular formula is C14H15NO. The third kappa shape index (κ3) is 3.16. The van der Waals surface area contributed by atoms with Crippen molar-refractivity contribution in [3.05, 3.63) is 47.8 Å². The molecular weight excluding hydrogens is 198 g/mol. The summed E-state index contributed by atoms with van der Waals surface area (Å²) in [5.74, 6) is 0.247. The average Bonchev–Trinajstić information content (AvgIpc) is 2.27. The molecule has 0 aliphatic heterocycles. The quantitative estimate of drug-likeness (QED) is 0.717. The predicted octanol–water partition coefficient (Wildman–Crippen LogP) is 3.16. The van der Waals surface area contributed by atoms with Crippen LogP contribution >= 0.6 is 0 Å². The molecule has 0 atom stereocenters. The van der Waals surface area contributed by atoms with Gasteiger partial charge in [0.2, 0.25) is 0 Å². The second-order valence-electron chi connectivity index (χ2n) is 3.98. The number of rotatable bonds is 1. The first kappa shape index (κ1) is 10.8. The van der Waals surface area contributed by atoms with E-state index < -0.39 is 0 Å². The van der Waals surface area contributed by atoms with Gasteiger partial charge in [-0.05, 0) is 43.5 Å². The van der Waals surface area contributed by atoms with Crippen LogP contribution in [0.3, 0.4) is 0 Å². The molecule has 0 spiro atoms. The van der Waals surface area contributed by atoms with Crippen molar-refractivity contribution in [1.29, 1.82) is 0 Å². The van der Waals surface area contributed by atoms with Gasteiger partial charge in [0.25, 0.3) is 0 Å². The minimum atomic E-state index is 0.247. The van der Waals surface area contributed by atoms with Gasteiger partial charge in [-0.15, -0.1) is 0 Å². The van der Waals surface area contributed by atoms with Crippen molar-refractivity contribution in [2.75, 3.05) is 0 Å². The van der Waals surface area contributed by atoms with E-state index in [2.05, 4.69) is 11.1 Å². The highest BCUT2D eigenvalue weighted by Crippen LogP contribution is 2.18.